The van der Waals surface area contributed by atoms with Crippen LogP contribution >= 0.6 is 0 Å². The summed E-state index contributed by atoms with van der Waals surface area (Å²) < 4.78 is 46.9. The monoisotopic (exact) mass is 536 g/mol. The maximum atomic E-state index is 13.7. The summed E-state index contributed by atoms with van der Waals surface area (Å²) >= 11 is 0. The summed E-state index contributed by atoms with van der Waals surface area (Å²) in [5.74, 6) is 0.0956. The Morgan fingerprint density at radius 2 is 1.62 bits per heavy atom. The van der Waals surface area contributed by atoms with Crippen LogP contribution in [-0.2, 0) is 15.8 Å². The molecule has 3 aromatic carbocycles. The van der Waals surface area contributed by atoms with Crippen molar-refractivity contribution in [3.63, 3.8) is 0 Å². The van der Waals surface area contributed by atoms with E-state index in [4.69, 9.17) is 4.74 Å². The number of hydrogen-bond donors (Lipinski definition) is 2. The first-order valence-electron chi connectivity index (χ1n) is 12.0. The summed E-state index contributed by atoms with van der Waals surface area (Å²) in [6.07, 6.45) is -4.69. The molecule has 2 aliphatic heterocycles. The second-order valence-corrected chi connectivity index (χ2v) is 9.04. The third kappa shape index (κ3) is 5.28. The molecule has 11 heteroatoms. The van der Waals surface area contributed by atoms with Gasteiger partial charge in [0.1, 0.15) is 18.0 Å². The molecule has 4 amide bonds. The van der Waals surface area contributed by atoms with Crippen LogP contribution in [0, 0.1) is 0 Å². The molecule has 0 fully saturated rings. The fourth-order valence-electron chi connectivity index (χ4n) is 4.60. The number of benzene rings is 3. The summed E-state index contributed by atoms with van der Waals surface area (Å²) in [5, 5.41) is 5.20. The Bertz CT molecular complexity index is 1460. The van der Waals surface area contributed by atoms with E-state index in [-0.39, 0.29) is 29.9 Å². The maximum absolute atomic E-state index is 13.7. The number of nitrogens with one attached hydrogen (secondary N) is 2. The molecule has 8 nitrogen and oxygen atoms in total. The van der Waals surface area contributed by atoms with Crippen molar-refractivity contribution in [3.05, 3.63) is 101 Å². The topological polar surface area (TPSA) is 91.0 Å². The molecule has 3 aromatic rings. The van der Waals surface area contributed by atoms with E-state index in [1.807, 2.05) is 30.3 Å². The highest BCUT2D eigenvalue weighted by molar-refractivity contribution is 6.04. The second kappa shape index (κ2) is 10.2. The minimum atomic E-state index is -4.69. The van der Waals surface area contributed by atoms with Crippen molar-refractivity contribution in [2.24, 2.45) is 0 Å². The number of para-hydroxylation sites is 1. The van der Waals surface area contributed by atoms with Crippen LogP contribution in [0.5, 0.6) is 11.5 Å². The smallest absolute Gasteiger partial charge is 0.416 e. The second-order valence-electron chi connectivity index (χ2n) is 9.04. The Labute approximate surface area is 221 Å². The summed E-state index contributed by atoms with van der Waals surface area (Å²) in [6.45, 7) is -0.455. The highest BCUT2D eigenvalue weighted by atomic mass is 19.4. The quantitative estimate of drug-likeness (QED) is 0.468. The molecule has 0 saturated heterocycles. The standard InChI is InChI=1S/C28H23F3N4O4/c1-34-22-15-35(16-23(36)32-17-11-13-19(14-12-17)39-18-7-3-2-4-8-18)26(37)24(22)25(33-27(34)38)20-9-5-6-10-21(20)28(29,30)31/h2-14,25H,15-16H2,1H3,(H,32,36)(H,33,38). The molecule has 0 radical (unpaired) electrons. The molecule has 5 rings (SSSR count). The average Bonchev–Trinajstić information content (AvgIpc) is 3.23. The van der Waals surface area contributed by atoms with Crippen molar-refractivity contribution >= 4 is 23.5 Å². The number of nitrogens with zero attached hydrogens (tertiary/aromatic N) is 2. The van der Waals surface area contributed by atoms with E-state index >= 15 is 0 Å². The van der Waals surface area contributed by atoms with E-state index in [0.717, 1.165) is 6.07 Å². The minimum Gasteiger partial charge on any atom is -0.457 e. The zero-order valence-corrected chi connectivity index (χ0v) is 20.7. The Hall–Kier alpha value is -4.80. The van der Waals surface area contributed by atoms with Gasteiger partial charge in [-0.2, -0.15) is 13.2 Å². The van der Waals surface area contributed by atoms with Crippen molar-refractivity contribution < 1.29 is 32.3 Å². The van der Waals surface area contributed by atoms with Gasteiger partial charge in [0.05, 0.1) is 29.4 Å². The number of halogens is 3. The van der Waals surface area contributed by atoms with E-state index < -0.39 is 35.6 Å². The molecule has 1 unspecified atom stereocenters. The van der Waals surface area contributed by atoms with Crippen molar-refractivity contribution in [2.45, 2.75) is 12.2 Å². The fraction of sp³-hybridized carbons (Fsp3) is 0.179. The molecule has 0 spiro atoms. The van der Waals surface area contributed by atoms with Gasteiger partial charge >= 0.3 is 12.2 Å². The van der Waals surface area contributed by atoms with Crippen molar-refractivity contribution in [3.8, 4) is 11.5 Å². The van der Waals surface area contributed by atoms with Crippen LogP contribution in [0.15, 0.2) is 90.1 Å². The molecule has 0 aromatic heterocycles. The van der Waals surface area contributed by atoms with Crippen molar-refractivity contribution in [2.75, 3.05) is 25.5 Å². The lowest BCUT2D eigenvalue weighted by molar-refractivity contribution is -0.138. The number of urea groups is 1. The first-order chi connectivity index (χ1) is 18.6. The van der Waals surface area contributed by atoms with Gasteiger partial charge in [0, 0.05) is 12.7 Å². The third-order valence-corrected chi connectivity index (χ3v) is 6.46. The Morgan fingerprint density at radius 1 is 0.974 bits per heavy atom. The summed E-state index contributed by atoms with van der Waals surface area (Å²) in [4.78, 5) is 41.1. The number of ether oxygens (including phenoxy) is 1. The number of alkyl halides is 3. The van der Waals surface area contributed by atoms with Crippen LogP contribution in [0.1, 0.15) is 17.2 Å². The Kier molecular flexibility index (Phi) is 6.73. The Balaban J connectivity index is 1.30. The van der Waals surface area contributed by atoms with Crippen molar-refractivity contribution in [1.29, 1.82) is 0 Å². The van der Waals surface area contributed by atoms with Gasteiger partial charge in [-0.25, -0.2) is 4.79 Å². The number of carbonyl (C=O) groups excluding carboxylic acids is 3. The molecule has 2 heterocycles. The van der Waals surface area contributed by atoms with Gasteiger partial charge in [-0.05, 0) is 48.0 Å². The summed E-state index contributed by atoms with van der Waals surface area (Å²) in [7, 11) is 1.42. The zero-order valence-electron chi connectivity index (χ0n) is 20.7. The molecule has 0 bridgehead atoms. The first kappa shape index (κ1) is 25.8. The average molecular weight is 537 g/mol. The molecule has 200 valence electrons. The predicted octanol–water partition coefficient (Wildman–Crippen LogP) is 4.93. The van der Waals surface area contributed by atoms with Crippen LogP contribution < -0.4 is 15.4 Å². The van der Waals surface area contributed by atoms with Crippen molar-refractivity contribution in [1.82, 2.24) is 15.1 Å². The lowest BCUT2D eigenvalue weighted by atomic mass is 9.92. The van der Waals surface area contributed by atoms with Gasteiger partial charge in [0.2, 0.25) is 5.91 Å². The molecule has 0 aliphatic carbocycles. The molecular weight excluding hydrogens is 513 g/mol. The molecule has 2 N–H and O–H groups in total. The van der Waals surface area contributed by atoms with Gasteiger partial charge in [0.25, 0.3) is 5.91 Å². The molecule has 2 aliphatic rings. The van der Waals surface area contributed by atoms with E-state index in [2.05, 4.69) is 10.6 Å². The van der Waals surface area contributed by atoms with Gasteiger partial charge in [-0.1, -0.05) is 36.4 Å². The van der Waals surface area contributed by atoms with Crippen LogP contribution in [0.25, 0.3) is 0 Å². The zero-order chi connectivity index (χ0) is 27.7. The van der Waals surface area contributed by atoms with E-state index in [1.54, 1.807) is 24.3 Å². The lowest BCUT2D eigenvalue weighted by Gasteiger charge is -2.32. The minimum absolute atomic E-state index is 0.00372. The third-order valence-electron chi connectivity index (χ3n) is 6.46. The number of hydrogen-bond acceptors (Lipinski definition) is 4. The number of carbonyl (C=O) groups is 3. The molecule has 39 heavy (non-hydrogen) atoms. The Morgan fingerprint density at radius 3 is 2.31 bits per heavy atom. The number of amides is 4. The number of rotatable bonds is 6. The molecular formula is C28H23F3N4O4. The predicted molar refractivity (Wildman–Crippen MR) is 136 cm³/mol. The highest BCUT2D eigenvalue weighted by Gasteiger charge is 2.46. The fourth-order valence-corrected chi connectivity index (χ4v) is 4.60. The van der Waals surface area contributed by atoms with Crippen LogP contribution in [0.3, 0.4) is 0 Å². The van der Waals surface area contributed by atoms with Gasteiger partial charge in [-0.3, -0.25) is 14.5 Å². The first-order valence-corrected chi connectivity index (χ1v) is 12.0. The van der Waals surface area contributed by atoms with Crippen LogP contribution in [0.2, 0.25) is 0 Å². The van der Waals surface area contributed by atoms with Crippen LogP contribution in [0.4, 0.5) is 23.7 Å². The largest absolute Gasteiger partial charge is 0.457 e. The normalized spacial score (nSPS) is 17.2. The molecule has 0 saturated carbocycles. The lowest BCUT2D eigenvalue weighted by Crippen LogP contribution is -2.45. The van der Waals surface area contributed by atoms with Gasteiger partial charge < -0.3 is 20.3 Å². The van der Waals surface area contributed by atoms with Gasteiger partial charge in [0.15, 0.2) is 0 Å². The van der Waals surface area contributed by atoms with Gasteiger partial charge in [-0.15, -0.1) is 0 Å². The van der Waals surface area contributed by atoms with E-state index in [0.29, 0.717) is 17.2 Å². The van der Waals surface area contributed by atoms with E-state index in [1.165, 1.54) is 35.0 Å². The van der Waals surface area contributed by atoms with E-state index in [9.17, 15) is 27.6 Å². The maximum Gasteiger partial charge on any atom is 0.416 e. The summed E-state index contributed by atoms with van der Waals surface area (Å²) in [5.41, 5.74) is -0.465. The molecule has 1 atom stereocenters. The number of anilines is 1. The SMILES string of the molecule is CN1C(=O)NC(c2ccccc2C(F)(F)F)C2=C1CN(CC(=O)Nc1ccc(Oc3ccccc3)cc1)C2=O. The summed E-state index contributed by atoms with van der Waals surface area (Å²) in [6, 6.07) is 18.7. The van der Waals surface area contributed by atoms with Crippen LogP contribution in [-0.4, -0.2) is 47.8 Å². The number of likely N-dealkylation sites (N-methyl/N-ethyl adjacent to an activating group) is 1. The highest BCUT2D eigenvalue weighted by Crippen LogP contribution is 2.41.